The first-order chi connectivity index (χ1) is 11.5. The van der Waals surface area contributed by atoms with Gasteiger partial charge < -0.3 is 10.2 Å². The third kappa shape index (κ3) is 3.23. The number of benzene rings is 2. The monoisotopic (exact) mass is 366 g/mol. The zero-order valence-corrected chi connectivity index (χ0v) is 13.9. The van der Waals surface area contributed by atoms with Crippen LogP contribution in [-0.2, 0) is 4.79 Å². The van der Waals surface area contributed by atoms with E-state index < -0.39 is 17.8 Å². The molecule has 3 rings (SSSR count). The SMILES string of the molecule is O=C(NC1CCN(c2ccccc2F)C1=O)c1ccc(Cl)c(Cl)c1. The van der Waals surface area contributed by atoms with Crippen LogP contribution in [0.3, 0.4) is 0 Å². The van der Waals surface area contributed by atoms with Crippen LogP contribution in [0.2, 0.25) is 10.0 Å². The van der Waals surface area contributed by atoms with Crippen LogP contribution >= 0.6 is 23.2 Å². The van der Waals surface area contributed by atoms with E-state index in [2.05, 4.69) is 5.32 Å². The predicted octanol–water partition coefficient (Wildman–Crippen LogP) is 3.67. The van der Waals surface area contributed by atoms with Gasteiger partial charge in [0.25, 0.3) is 5.91 Å². The highest BCUT2D eigenvalue weighted by Crippen LogP contribution is 2.25. The van der Waals surface area contributed by atoms with Crippen LogP contribution in [0.4, 0.5) is 10.1 Å². The van der Waals surface area contributed by atoms with E-state index in [1.54, 1.807) is 12.1 Å². The number of rotatable bonds is 3. The Hall–Kier alpha value is -2.11. The predicted molar refractivity (Wildman–Crippen MR) is 91.1 cm³/mol. The van der Waals surface area contributed by atoms with Gasteiger partial charge >= 0.3 is 0 Å². The smallest absolute Gasteiger partial charge is 0.251 e. The van der Waals surface area contributed by atoms with Crippen LogP contribution in [0.15, 0.2) is 42.5 Å². The van der Waals surface area contributed by atoms with Gasteiger partial charge in [0.15, 0.2) is 0 Å². The Morgan fingerprint density at radius 3 is 2.62 bits per heavy atom. The first-order valence-corrected chi connectivity index (χ1v) is 8.05. The molecule has 1 aliphatic heterocycles. The van der Waals surface area contributed by atoms with E-state index in [4.69, 9.17) is 23.2 Å². The molecule has 2 aromatic rings. The lowest BCUT2D eigenvalue weighted by molar-refractivity contribution is -0.118. The van der Waals surface area contributed by atoms with Gasteiger partial charge in [0, 0.05) is 12.1 Å². The molecule has 1 unspecified atom stereocenters. The number of hydrogen-bond acceptors (Lipinski definition) is 2. The molecule has 1 heterocycles. The number of anilines is 1. The van der Waals surface area contributed by atoms with E-state index in [1.165, 1.54) is 35.2 Å². The van der Waals surface area contributed by atoms with Crippen molar-refractivity contribution in [1.29, 1.82) is 0 Å². The Kier molecular flexibility index (Phi) is 4.73. The Bertz CT molecular complexity index is 813. The number of amides is 2. The second kappa shape index (κ2) is 6.79. The summed E-state index contributed by atoms with van der Waals surface area (Å²) in [4.78, 5) is 26.0. The first-order valence-electron chi connectivity index (χ1n) is 7.29. The molecule has 0 aromatic heterocycles. The quantitative estimate of drug-likeness (QED) is 0.900. The van der Waals surface area contributed by atoms with Gasteiger partial charge in [-0.15, -0.1) is 0 Å². The largest absolute Gasteiger partial charge is 0.340 e. The summed E-state index contributed by atoms with van der Waals surface area (Å²) in [6, 6.07) is 9.83. The van der Waals surface area contributed by atoms with Gasteiger partial charge in [-0.2, -0.15) is 0 Å². The number of carbonyl (C=O) groups excluding carboxylic acids is 2. The van der Waals surface area contributed by atoms with Crippen LogP contribution in [0.1, 0.15) is 16.8 Å². The Morgan fingerprint density at radius 2 is 1.92 bits per heavy atom. The molecule has 124 valence electrons. The number of carbonyl (C=O) groups is 2. The van der Waals surface area contributed by atoms with Crippen molar-refractivity contribution in [3.05, 3.63) is 63.9 Å². The van der Waals surface area contributed by atoms with Crippen molar-refractivity contribution in [3.63, 3.8) is 0 Å². The topological polar surface area (TPSA) is 49.4 Å². The Morgan fingerprint density at radius 1 is 1.17 bits per heavy atom. The average Bonchev–Trinajstić information content (AvgIpc) is 2.91. The van der Waals surface area contributed by atoms with Gasteiger partial charge in [-0.3, -0.25) is 9.59 Å². The maximum absolute atomic E-state index is 13.8. The van der Waals surface area contributed by atoms with Gasteiger partial charge in [-0.1, -0.05) is 35.3 Å². The number of nitrogens with one attached hydrogen (secondary N) is 1. The number of halogens is 3. The van der Waals surface area contributed by atoms with Crippen LogP contribution in [0.25, 0.3) is 0 Å². The molecule has 1 N–H and O–H groups in total. The minimum Gasteiger partial charge on any atom is -0.340 e. The molecule has 24 heavy (non-hydrogen) atoms. The Labute approximate surface area is 148 Å². The van der Waals surface area contributed by atoms with Crippen molar-refractivity contribution < 1.29 is 14.0 Å². The molecule has 1 aliphatic rings. The molecular weight excluding hydrogens is 354 g/mol. The van der Waals surface area contributed by atoms with Crippen LogP contribution in [0.5, 0.6) is 0 Å². The maximum Gasteiger partial charge on any atom is 0.251 e. The lowest BCUT2D eigenvalue weighted by Crippen LogP contribution is -2.41. The molecule has 1 saturated heterocycles. The average molecular weight is 367 g/mol. The fourth-order valence-corrected chi connectivity index (χ4v) is 2.90. The minimum atomic E-state index is -0.702. The summed E-state index contributed by atoms with van der Waals surface area (Å²) >= 11 is 11.7. The standard InChI is InChI=1S/C17H13Cl2FN2O2/c18-11-6-5-10(9-12(11)19)16(23)21-14-7-8-22(17(14)24)15-4-2-1-3-13(15)20/h1-6,9,14H,7-8H2,(H,21,23). The van der Waals surface area contributed by atoms with Crippen molar-refractivity contribution in [3.8, 4) is 0 Å². The van der Waals surface area contributed by atoms with E-state index in [0.717, 1.165) is 0 Å². The molecule has 0 radical (unpaired) electrons. The van der Waals surface area contributed by atoms with Crippen molar-refractivity contribution in [2.24, 2.45) is 0 Å². The molecule has 7 heteroatoms. The van der Waals surface area contributed by atoms with Gasteiger partial charge in [-0.25, -0.2) is 4.39 Å². The number of nitrogens with zero attached hydrogens (tertiary/aromatic N) is 1. The summed E-state index contributed by atoms with van der Waals surface area (Å²) in [5.74, 6) is -1.24. The number of para-hydroxylation sites is 1. The van der Waals surface area contributed by atoms with E-state index in [-0.39, 0.29) is 16.6 Å². The summed E-state index contributed by atoms with van der Waals surface area (Å²) in [7, 11) is 0. The zero-order chi connectivity index (χ0) is 17.3. The van der Waals surface area contributed by atoms with Gasteiger partial charge in [-0.05, 0) is 36.8 Å². The van der Waals surface area contributed by atoms with Crippen molar-refractivity contribution in [2.45, 2.75) is 12.5 Å². The normalized spacial score (nSPS) is 17.2. The molecule has 0 bridgehead atoms. The molecule has 4 nitrogen and oxygen atoms in total. The molecular formula is C17H13Cl2FN2O2. The molecule has 2 amide bonds. The molecule has 1 atom stereocenters. The lowest BCUT2D eigenvalue weighted by atomic mass is 10.2. The second-order valence-electron chi connectivity index (χ2n) is 5.38. The fourth-order valence-electron chi connectivity index (χ4n) is 2.60. The van der Waals surface area contributed by atoms with E-state index in [1.807, 2.05) is 0 Å². The van der Waals surface area contributed by atoms with Crippen LogP contribution < -0.4 is 10.2 Å². The lowest BCUT2D eigenvalue weighted by Gasteiger charge is -2.18. The third-order valence-corrected chi connectivity index (χ3v) is 4.57. The molecule has 0 saturated carbocycles. The van der Waals surface area contributed by atoms with E-state index in [9.17, 15) is 14.0 Å². The molecule has 1 fully saturated rings. The minimum absolute atomic E-state index is 0.216. The van der Waals surface area contributed by atoms with E-state index in [0.29, 0.717) is 23.6 Å². The van der Waals surface area contributed by atoms with Crippen molar-refractivity contribution >= 4 is 40.7 Å². The van der Waals surface area contributed by atoms with Gasteiger partial charge in [0.05, 0.1) is 15.7 Å². The zero-order valence-electron chi connectivity index (χ0n) is 12.4. The van der Waals surface area contributed by atoms with Crippen LogP contribution in [0, 0.1) is 5.82 Å². The maximum atomic E-state index is 13.8. The van der Waals surface area contributed by atoms with Crippen molar-refractivity contribution in [1.82, 2.24) is 5.32 Å². The summed E-state index contributed by atoms with van der Waals surface area (Å²) in [6.45, 7) is 0.339. The molecule has 0 aliphatic carbocycles. The van der Waals surface area contributed by atoms with Crippen molar-refractivity contribution in [2.75, 3.05) is 11.4 Å². The summed E-state index contributed by atoms with van der Waals surface area (Å²) in [5.41, 5.74) is 0.523. The summed E-state index contributed by atoms with van der Waals surface area (Å²) in [5, 5.41) is 3.26. The highest BCUT2D eigenvalue weighted by molar-refractivity contribution is 6.42. The summed E-state index contributed by atoms with van der Waals surface area (Å²) in [6.07, 6.45) is 0.403. The summed E-state index contributed by atoms with van der Waals surface area (Å²) < 4.78 is 13.8. The fraction of sp³-hybridized carbons (Fsp3) is 0.176. The Balaban J connectivity index is 1.73. The first kappa shape index (κ1) is 16.7. The van der Waals surface area contributed by atoms with Crippen LogP contribution in [-0.4, -0.2) is 24.4 Å². The number of hydrogen-bond donors (Lipinski definition) is 1. The third-order valence-electron chi connectivity index (χ3n) is 3.84. The second-order valence-corrected chi connectivity index (χ2v) is 6.20. The molecule has 2 aromatic carbocycles. The van der Waals surface area contributed by atoms with Gasteiger partial charge in [0.1, 0.15) is 11.9 Å². The van der Waals surface area contributed by atoms with Gasteiger partial charge in [0.2, 0.25) is 5.91 Å². The van der Waals surface area contributed by atoms with E-state index >= 15 is 0 Å². The highest BCUT2D eigenvalue weighted by atomic mass is 35.5. The molecule has 0 spiro atoms. The highest BCUT2D eigenvalue weighted by Gasteiger charge is 2.34.